The molecular weight excluding hydrogens is 359 g/mol. The van der Waals surface area contributed by atoms with Gasteiger partial charge in [0.15, 0.2) is 5.65 Å². The first-order valence-corrected chi connectivity index (χ1v) is 8.99. The number of nitrogens with one attached hydrogen (secondary N) is 2. The molecule has 7 nitrogen and oxygen atoms in total. The van der Waals surface area contributed by atoms with E-state index in [2.05, 4.69) is 25.6 Å². The van der Waals surface area contributed by atoms with E-state index in [0.717, 1.165) is 35.3 Å². The van der Waals surface area contributed by atoms with Gasteiger partial charge in [0.1, 0.15) is 11.5 Å². The van der Waals surface area contributed by atoms with Crippen LogP contribution >= 0.6 is 0 Å². The van der Waals surface area contributed by atoms with Gasteiger partial charge in [-0.3, -0.25) is 9.89 Å². The summed E-state index contributed by atoms with van der Waals surface area (Å²) >= 11 is 0. The van der Waals surface area contributed by atoms with Crippen LogP contribution in [-0.4, -0.2) is 37.2 Å². The third-order valence-electron chi connectivity index (χ3n) is 4.38. The monoisotopic (exact) mass is 378 g/mol. The fourth-order valence-corrected chi connectivity index (χ4v) is 2.96. The number of fused-ring (bicyclic) bond motifs is 1. The number of rotatable bonds is 6. The van der Waals surface area contributed by atoms with E-state index in [-0.39, 0.29) is 11.7 Å². The maximum Gasteiger partial charge on any atom is 0.269 e. The number of aromatic amines is 1. The van der Waals surface area contributed by atoms with Gasteiger partial charge < -0.3 is 5.32 Å². The van der Waals surface area contributed by atoms with Crippen LogP contribution in [0.25, 0.3) is 16.9 Å². The molecule has 3 aromatic heterocycles. The first-order chi connectivity index (χ1) is 13.6. The van der Waals surface area contributed by atoms with Gasteiger partial charge in [-0.05, 0) is 55.7 Å². The van der Waals surface area contributed by atoms with Crippen molar-refractivity contribution in [1.82, 2.24) is 30.1 Å². The number of halogens is 1. The summed E-state index contributed by atoms with van der Waals surface area (Å²) in [6.45, 7) is 2.46. The zero-order chi connectivity index (χ0) is 19.5. The highest BCUT2D eigenvalue weighted by molar-refractivity contribution is 5.93. The molecule has 0 atom stereocenters. The van der Waals surface area contributed by atoms with Crippen LogP contribution in [0.2, 0.25) is 0 Å². The first kappa shape index (κ1) is 17.8. The predicted molar refractivity (Wildman–Crippen MR) is 102 cm³/mol. The van der Waals surface area contributed by atoms with Crippen molar-refractivity contribution in [3.05, 3.63) is 71.6 Å². The Morgan fingerprint density at radius 3 is 2.89 bits per heavy atom. The van der Waals surface area contributed by atoms with Crippen LogP contribution in [0, 0.1) is 12.7 Å². The zero-order valence-electron chi connectivity index (χ0n) is 15.3. The van der Waals surface area contributed by atoms with Crippen molar-refractivity contribution in [2.75, 3.05) is 6.54 Å². The molecule has 8 heteroatoms. The van der Waals surface area contributed by atoms with Gasteiger partial charge in [0.2, 0.25) is 0 Å². The predicted octanol–water partition coefficient (Wildman–Crippen LogP) is 2.93. The molecule has 0 bridgehead atoms. The van der Waals surface area contributed by atoms with Crippen LogP contribution in [0.3, 0.4) is 0 Å². The number of aryl methyl sites for hydroxylation is 2. The van der Waals surface area contributed by atoms with Gasteiger partial charge in [0.05, 0.1) is 11.4 Å². The second kappa shape index (κ2) is 7.59. The largest absolute Gasteiger partial charge is 0.351 e. The fraction of sp³-hybridized carbons (Fsp3) is 0.200. The van der Waals surface area contributed by atoms with E-state index < -0.39 is 0 Å². The van der Waals surface area contributed by atoms with Crippen LogP contribution in [0.1, 0.15) is 28.2 Å². The summed E-state index contributed by atoms with van der Waals surface area (Å²) in [6.07, 6.45) is 5.35. The van der Waals surface area contributed by atoms with Crippen molar-refractivity contribution >= 4 is 11.6 Å². The molecule has 0 spiro atoms. The second-order valence-corrected chi connectivity index (χ2v) is 6.58. The quantitative estimate of drug-likeness (QED) is 0.505. The van der Waals surface area contributed by atoms with Crippen molar-refractivity contribution in [1.29, 1.82) is 0 Å². The molecule has 2 N–H and O–H groups in total. The standard InChI is InChI=1S/C20H19FN6O/c1-13-9-19-23-11-14(12-27(19)26-13)3-2-8-22-20(28)18-10-17(24-25-18)15-4-6-16(21)7-5-15/h4-7,9-12H,2-3,8H2,1H3,(H,22,28)(H,24,25). The molecular formula is C20H19FN6O. The molecule has 0 saturated carbocycles. The van der Waals surface area contributed by atoms with E-state index in [1.165, 1.54) is 12.1 Å². The van der Waals surface area contributed by atoms with Crippen LogP contribution in [-0.2, 0) is 6.42 Å². The Balaban J connectivity index is 1.30. The average Bonchev–Trinajstić information content (AvgIpc) is 3.31. The SMILES string of the molecule is Cc1cc2ncc(CCCNC(=O)c3cc(-c4ccc(F)cc4)n[nH]3)cn2n1. The number of carbonyl (C=O) groups is 1. The van der Waals surface area contributed by atoms with Crippen LogP contribution in [0.5, 0.6) is 0 Å². The lowest BCUT2D eigenvalue weighted by Gasteiger charge is -2.04. The van der Waals surface area contributed by atoms with Crippen molar-refractivity contribution in [3.8, 4) is 11.3 Å². The van der Waals surface area contributed by atoms with Gasteiger partial charge in [-0.1, -0.05) is 0 Å². The van der Waals surface area contributed by atoms with Gasteiger partial charge in [-0.25, -0.2) is 13.9 Å². The maximum atomic E-state index is 13.0. The van der Waals surface area contributed by atoms with Crippen molar-refractivity contribution in [3.63, 3.8) is 0 Å². The minimum absolute atomic E-state index is 0.225. The van der Waals surface area contributed by atoms with E-state index in [1.807, 2.05) is 25.4 Å². The number of amides is 1. The molecule has 0 radical (unpaired) electrons. The maximum absolute atomic E-state index is 13.0. The van der Waals surface area contributed by atoms with Crippen LogP contribution < -0.4 is 5.32 Å². The highest BCUT2D eigenvalue weighted by Gasteiger charge is 2.11. The molecule has 4 rings (SSSR count). The number of nitrogens with zero attached hydrogens (tertiary/aromatic N) is 4. The Morgan fingerprint density at radius 2 is 2.07 bits per heavy atom. The number of benzene rings is 1. The number of hydrogen-bond acceptors (Lipinski definition) is 4. The molecule has 0 fully saturated rings. The molecule has 28 heavy (non-hydrogen) atoms. The van der Waals surface area contributed by atoms with Gasteiger partial charge in [0, 0.05) is 30.6 Å². The highest BCUT2D eigenvalue weighted by atomic mass is 19.1. The molecule has 3 heterocycles. The number of carbonyl (C=O) groups excluding carboxylic acids is 1. The van der Waals surface area contributed by atoms with E-state index in [9.17, 15) is 9.18 Å². The Hall–Kier alpha value is -3.55. The molecule has 0 saturated heterocycles. The molecule has 1 amide bonds. The lowest BCUT2D eigenvalue weighted by molar-refractivity contribution is 0.0948. The molecule has 4 aromatic rings. The van der Waals surface area contributed by atoms with Crippen molar-refractivity contribution < 1.29 is 9.18 Å². The minimum Gasteiger partial charge on any atom is -0.351 e. The fourth-order valence-electron chi connectivity index (χ4n) is 2.96. The Bertz CT molecular complexity index is 1120. The Labute approximate surface area is 160 Å². The molecule has 0 unspecified atom stereocenters. The third kappa shape index (κ3) is 3.90. The van der Waals surface area contributed by atoms with Crippen molar-refractivity contribution in [2.45, 2.75) is 19.8 Å². The average molecular weight is 378 g/mol. The lowest BCUT2D eigenvalue weighted by atomic mass is 10.1. The normalized spacial score (nSPS) is 11.1. The summed E-state index contributed by atoms with van der Waals surface area (Å²) in [4.78, 5) is 16.6. The zero-order valence-corrected chi connectivity index (χ0v) is 15.3. The summed E-state index contributed by atoms with van der Waals surface area (Å²) in [5.41, 5.74) is 4.52. The van der Waals surface area contributed by atoms with Gasteiger partial charge in [-0.15, -0.1) is 0 Å². The molecule has 0 aliphatic heterocycles. The van der Waals surface area contributed by atoms with Crippen LogP contribution in [0.15, 0.2) is 48.8 Å². The molecule has 1 aromatic carbocycles. The highest BCUT2D eigenvalue weighted by Crippen LogP contribution is 2.18. The second-order valence-electron chi connectivity index (χ2n) is 6.58. The lowest BCUT2D eigenvalue weighted by Crippen LogP contribution is -2.25. The van der Waals surface area contributed by atoms with Gasteiger partial charge >= 0.3 is 0 Å². The Morgan fingerprint density at radius 1 is 1.25 bits per heavy atom. The van der Waals surface area contributed by atoms with Gasteiger partial charge in [0.25, 0.3) is 5.91 Å². The third-order valence-corrected chi connectivity index (χ3v) is 4.38. The smallest absolute Gasteiger partial charge is 0.269 e. The number of H-pyrrole nitrogens is 1. The molecule has 0 aliphatic rings. The van der Waals surface area contributed by atoms with E-state index in [4.69, 9.17) is 0 Å². The number of aromatic nitrogens is 5. The van der Waals surface area contributed by atoms with Crippen LogP contribution in [0.4, 0.5) is 4.39 Å². The summed E-state index contributed by atoms with van der Waals surface area (Å²) in [6, 6.07) is 9.55. The van der Waals surface area contributed by atoms with E-state index in [0.29, 0.717) is 17.9 Å². The molecule has 142 valence electrons. The summed E-state index contributed by atoms with van der Waals surface area (Å²) in [5, 5.41) is 14.1. The number of hydrogen-bond donors (Lipinski definition) is 2. The first-order valence-electron chi connectivity index (χ1n) is 8.99. The summed E-state index contributed by atoms with van der Waals surface area (Å²) < 4.78 is 14.8. The minimum atomic E-state index is -0.311. The van der Waals surface area contributed by atoms with E-state index >= 15 is 0 Å². The Kier molecular flexibility index (Phi) is 4.84. The summed E-state index contributed by atoms with van der Waals surface area (Å²) in [7, 11) is 0. The topological polar surface area (TPSA) is 88.0 Å². The van der Waals surface area contributed by atoms with Crippen molar-refractivity contribution in [2.24, 2.45) is 0 Å². The van der Waals surface area contributed by atoms with E-state index in [1.54, 1.807) is 22.7 Å². The van der Waals surface area contributed by atoms with Gasteiger partial charge in [-0.2, -0.15) is 10.2 Å². The molecule has 0 aliphatic carbocycles. The summed E-state index contributed by atoms with van der Waals surface area (Å²) in [5.74, 6) is -0.536.